The number of rotatable bonds is 8. The highest BCUT2D eigenvalue weighted by atomic mass is 79.9. The van der Waals surface area contributed by atoms with Gasteiger partial charge in [0.2, 0.25) is 10.0 Å². The predicted octanol–water partition coefficient (Wildman–Crippen LogP) is 3.06. The van der Waals surface area contributed by atoms with Crippen LogP contribution >= 0.6 is 31.9 Å². The molecule has 20 heavy (non-hydrogen) atoms. The molecule has 0 spiro atoms. The zero-order valence-corrected chi connectivity index (χ0v) is 15.1. The lowest BCUT2D eigenvalue weighted by Crippen LogP contribution is -2.16. The number of unbranched alkanes of at least 4 members (excludes halogenated alkanes) is 2. The Hall–Kier alpha value is -0.310. The van der Waals surface area contributed by atoms with Crippen LogP contribution < -0.4 is 14.6 Å². The van der Waals surface area contributed by atoms with E-state index in [1.807, 2.05) is 12.1 Å². The molecule has 0 bridgehead atoms. The summed E-state index contributed by atoms with van der Waals surface area (Å²) in [5.74, 6) is 1.45. The van der Waals surface area contributed by atoms with Crippen molar-refractivity contribution in [2.45, 2.75) is 19.3 Å². The van der Waals surface area contributed by atoms with E-state index in [4.69, 9.17) is 14.6 Å². The average Bonchev–Trinajstić information content (AvgIpc) is 2.35. The van der Waals surface area contributed by atoms with Gasteiger partial charge in [-0.05, 0) is 63.3 Å². The highest BCUT2D eigenvalue weighted by Crippen LogP contribution is 2.36. The standard InChI is InChI=1S/C12H17Br2NO4S/c1-18-11-7-10(14)12(8-9(11)13)19-5-3-2-4-6-20(15,16)17/h7-8H,2-6H2,1H3,(H2,15,16,17). The molecule has 0 aliphatic rings. The second kappa shape index (κ2) is 8.21. The summed E-state index contributed by atoms with van der Waals surface area (Å²) in [4.78, 5) is 0. The summed E-state index contributed by atoms with van der Waals surface area (Å²) >= 11 is 6.80. The molecule has 0 unspecified atom stereocenters. The van der Waals surface area contributed by atoms with Crippen molar-refractivity contribution < 1.29 is 17.9 Å². The smallest absolute Gasteiger partial charge is 0.209 e. The number of nitrogens with two attached hydrogens (primary N) is 1. The summed E-state index contributed by atoms with van der Waals surface area (Å²) in [5.41, 5.74) is 0. The van der Waals surface area contributed by atoms with E-state index < -0.39 is 10.0 Å². The number of halogens is 2. The van der Waals surface area contributed by atoms with Crippen LogP contribution in [-0.4, -0.2) is 27.9 Å². The summed E-state index contributed by atoms with van der Waals surface area (Å²) in [7, 11) is -1.76. The van der Waals surface area contributed by atoms with Gasteiger partial charge in [0.05, 0.1) is 28.4 Å². The van der Waals surface area contributed by atoms with Crippen molar-refractivity contribution in [2.24, 2.45) is 5.14 Å². The third-order valence-electron chi connectivity index (χ3n) is 2.54. The first-order valence-corrected chi connectivity index (χ1v) is 9.30. The van der Waals surface area contributed by atoms with Crippen molar-refractivity contribution in [3.8, 4) is 11.5 Å². The molecule has 0 aliphatic carbocycles. The van der Waals surface area contributed by atoms with Crippen LogP contribution in [-0.2, 0) is 10.0 Å². The van der Waals surface area contributed by atoms with Crippen LogP contribution in [0.5, 0.6) is 11.5 Å². The van der Waals surface area contributed by atoms with Gasteiger partial charge in [-0.3, -0.25) is 0 Å². The topological polar surface area (TPSA) is 78.6 Å². The fourth-order valence-electron chi connectivity index (χ4n) is 1.54. The number of methoxy groups -OCH3 is 1. The molecule has 114 valence electrons. The lowest BCUT2D eigenvalue weighted by atomic mass is 10.2. The molecule has 1 rings (SSSR count). The molecule has 2 N–H and O–H groups in total. The maximum absolute atomic E-state index is 10.8. The third kappa shape index (κ3) is 6.43. The van der Waals surface area contributed by atoms with Crippen LogP contribution in [0.25, 0.3) is 0 Å². The van der Waals surface area contributed by atoms with Gasteiger partial charge in [-0.1, -0.05) is 0 Å². The SMILES string of the molecule is COc1cc(Br)c(OCCCCCS(N)(=O)=O)cc1Br. The lowest BCUT2D eigenvalue weighted by molar-refractivity contribution is 0.303. The molecule has 0 aliphatic heterocycles. The molecule has 0 aromatic heterocycles. The Kier molecular flexibility index (Phi) is 7.28. The number of primary sulfonamides is 1. The summed E-state index contributed by atoms with van der Waals surface area (Å²) in [6.45, 7) is 0.516. The Bertz CT molecular complexity index is 549. The van der Waals surface area contributed by atoms with Crippen molar-refractivity contribution in [3.05, 3.63) is 21.1 Å². The molecule has 0 saturated heterocycles. The van der Waals surface area contributed by atoms with Gasteiger partial charge in [-0.15, -0.1) is 0 Å². The number of sulfonamides is 1. The maximum Gasteiger partial charge on any atom is 0.209 e. The predicted molar refractivity (Wildman–Crippen MR) is 85.7 cm³/mol. The monoisotopic (exact) mass is 429 g/mol. The molecular formula is C12H17Br2NO4S. The Morgan fingerprint density at radius 3 is 2.30 bits per heavy atom. The number of hydrogen-bond donors (Lipinski definition) is 1. The Morgan fingerprint density at radius 1 is 1.10 bits per heavy atom. The summed E-state index contributed by atoms with van der Waals surface area (Å²) in [6.07, 6.45) is 2.08. The van der Waals surface area contributed by atoms with Gasteiger partial charge in [-0.2, -0.15) is 0 Å². The van der Waals surface area contributed by atoms with Crippen LogP contribution in [0.1, 0.15) is 19.3 Å². The van der Waals surface area contributed by atoms with E-state index in [0.29, 0.717) is 18.8 Å². The van der Waals surface area contributed by atoms with Gasteiger partial charge in [-0.25, -0.2) is 13.6 Å². The van der Waals surface area contributed by atoms with E-state index in [2.05, 4.69) is 31.9 Å². The van der Waals surface area contributed by atoms with Crippen LogP contribution in [0.4, 0.5) is 0 Å². The highest BCUT2D eigenvalue weighted by Gasteiger charge is 2.08. The minimum Gasteiger partial charge on any atom is -0.496 e. The number of ether oxygens (including phenoxy) is 2. The van der Waals surface area contributed by atoms with Crippen LogP contribution in [0.15, 0.2) is 21.1 Å². The van der Waals surface area contributed by atoms with Crippen LogP contribution in [0.2, 0.25) is 0 Å². The van der Waals surface area contributed by atoms with Gasteiger partial charge in [0, 0.05) is 0 Å². The number of hydrogen-bond acceptors (Lipinski definition) is 4. The summed E-state index contributed by atoms with van der Waals surface area (Å²) in [6, 6.07) is 3.65. The zero-order chi connectivity index (χ0) is 15.2. The van der Waals surface area contributed by atoms with E-state index in [1.54, 1.807) is 7.11 Å². The van der Waals surface area contributed by atoms with E-state index >= 15 is 0 Å². The second-order valence-electron chi connectivity index (χ2n) is 4.19. The largest absolute Gasteiger partial charge is 0.496 e. The van der Waals surface area contributed by atoms with E-state index in [0.717, 1.165) is 27.5 Å². The highest BCUT2D eigenvalue weighted by molar-refractivity contribution is 9.11. The molecule has 1 aromatic carbocycles. The molecular weight excluding hydrogens is 414 g/mol. The molecule has 0 amide bonds. The fourth-order valence-corrected chi connectivity index (χ4v) is 3.07. The lowest BCUT2D eigenvalue weighted by Gasteiger charge is -2.11. The van der Waals surface area contributed by atoms with Crippen molar-refractivity contribution >= 4 is 41.9 Å². The molecule has 1 aromatic rings. The molecule has 0 radical (unpaired) electrons. The Morgan fingerprint density at radius 2 is 1.70 bits per heavy atom. The van der Waals surface area contributed by atoms with Crippen LogP contribution in [0.3, 0.4) is 0 Å². The first kappa shape index (κ1) is 17.7. The minimum atomic E-state index is -3.35. The van der Waals surface area contributed by atoms with E-state index in [9.17, 15) is 8.42 Å². The van der Waals surface area contributed by atoms with Crippen molar-refractivity contribution in [1.82, 2.24) is 0 Å². The molecule has 0 heterocycles. The van der Waals surface area contributed by atoms with E-state index in [-0.39, 0.29) is 5.75 Å². The molecule has 0 saturated carbocycles. The first-order chi connectivity index (χ1) is 9.33. The quantitative estimate of drug-likeness (QED) is 0.642. The van der Waals surface area contributed by atoms with Gasteiger partial charge in [0.25, 0.3) is 0 Å². The molecule has 0 fully saturated rings. The van der Waals surface area contributed by atoms with Gasteiger partial charge < -0.3 is 9.47 Å². The summed E-state index contributed by atoms with van der Waals surface area (Å²) < 4.78 is 33.9. The van der Waals surface area contributed by atoms with Gasteiger partial charge >= 0.3 is 0 Å². The zero-order valence-electron chi connectivity index (χ0n) is 11.1. The van der Waals surface area contributed by atoms with Gasteiger partial charge in [0.1, 0.15) is 11.5 Å². The molecule has 0 atom stereocenters. The van der Waals surface area contributed by atoms with Crippen LogP contribution in [0, 0.1) is 0 Å². The minimum absolute atomic E-state index is 0.0186. The maximum atomic E-state index is 10.8. The molecule has 5 nitrogen and oxygen atoms in total. The fraction of sp³-hybridized carbons (Fsp3) is 0.500. The van der Waals surface area contributed by atoms with Crippen molar-refractivity contribution in [2.75, 3.05) is 19.5 Å². The Labute approximate surface area is 136 Å². The third-order valence-corrected chi connectivity index (χ3v) is 4.63. The summed E-state index contributed by atoms with van der Waals surface area (Å²) in [5, 5.41) is 4.92. The number of benzene rings is 1. The normalized spacial score (nSPS) is 11.4. The van der Waals surface area contributed by atoms with E-state index in [1.165, 1.54) is 0 Å². The average molecular weight is 431 g/mol. The van der Waals surface area contributed by atoms with Crippen molar-refractivity contribution in [1.29, 1.82) is 0 Å². The Balaban J connectivity index is 2.37. The molecule has 8 heteroatoms. The van der Waals surface area contributed by atoms with Crippen molar-refractivity contribution in [3.63, 3.8) is 0 Å². The van der Waals surface area contributed by atoms with Gasteiger partial charge in [0.15, 0.2) is 0 Å². The first-order valence-electron chi connectivity index (χ1n) is 6.00. The second-order valence-corrected chi connectivity index (χ2v) is 7.64.